The van der Waals surface area contributed by atoms with E-state index in [0.29, 0.717) is 4.21 Å². The maximum Gasteiger partial charge on any atom is 0.184 e. The second kappa shape index (κ2) is 4.50. The normalized spacial score (nSPS) is 11.4. The Morgan fingerprint density at radius 2 is 1.71 bits per heavy atom. The highest BCUT2D eigenvalue weighted by Gasteiger charge is 2.11. The maximum atomic E-state index is 11.4. The second-order valence-corrected chi connectivity index (χ2v) is 6.95. The summed E-state index contributed by atoms with van der Waals surface area (Å²) in [5.74, 6) is 0.786. The molecule has 3 nitrogen and oxygen atoms in total. The van der Waals surface area contributed by atoms with Crippen LogP contribution in [0.5, 0.6) is 5.75 Å². The predicted octanol–water partition coefficient (Wildman–Crippen LogP) is 2.83. The molecule has 0 atom stereocenters. The molecule has 17 heavy (non-hydrogen) atoms. The quantitative estimate of drug-likeness (QED) is 0.859. The number of benzene rings is 1. The van der Waals surface area contributed by atoms with Gasteiger partial charge in [-0.05, 0) is 42.0 Å². The van der Waals surface area contributed by atoms with Crippen molar-refractivity contribution in [1.29, 1.82) is 0 Å². The standard InChI is InChI=1S/C12H12O3S2/c1-15-10-5-3-9(4-6-10)11-7-8-12(16-11)17(2,13)14/h3-8H,1-2H3. The van der Waals surface area contributed by atoms with Crippen molar-refractivity contribution in [2.45, 2.75) is 4.21 Å². The number of sulfone groups is 1. The lowest BCUT2D eigenvalue weighted by molar-refractivity contribution is 0.415. The topological polar surface area (TPSA) is 43.4 Å². The van der Waals surface area contributed by atoms with E-state index in [-0.39, 0.29) is 0 Å². The van der Waals surface area contributed by atoms with Gasteiger partial charge in [-0.25, -0.2) is 8.42 Å². The largest absolute Gasteiger partial charge is 0.497 e. The third kappa shape index (κ3) is 2.68. The van der Waals surface area contributed by atoms with Gasteiger partial charge in [-0.1, -0.05) is 0 Å². The van der Waals surface area contributed by atoms with Crippen LogP contribution in [-0.4, -0.2) is 21.8 Å². The first-order valence-electron chi connectivity index (χ1n) is 4.95. The average molecular weight is 268 g/mol. The Morgan fingerprint density at radius 1 is 1.06 bits per heavy atom. The molecule has 0 amide bonds. The van der Waals surface area contributed by atoms with E-state index in [1.54, 1.807) is 13.2 Å². The van der Waals surface area contributed by atoms with Gasteiger partial charge in [-0.2, -0.15) is 0 Å². The number of rotatable bonds is 3. The van der Waals surface area contributed by atoms with Crippen molar-refractivity contribution in [3.63, 3.8) is 0 Å². The molecule has 1 heterocycles. The zero-order chi connectivity index (χ0) is 12.5. The SMILES string of the molecule is COc1ccc(-c2ccc(S(C)(=O)=O)s2)cc1. The zero-order valence-corrected chi connectivity index (χ0v) is 11.1. The molecule has 0 aliphatic heterocycles. The molecule has 5 heteroatoms. The summed E-state index contributed by atoms with van der Waals surface area (Å²) in [4.78, 5) is 0.938. The van der Waals surface area contributed by atoms with Gasteiger partial charge < -0.3 is 4.74 Å². The van der Waals surface area contributed by atoms with Gasteiger partial charge in [-0.15, -0.1) is 11.3 Å². The van der Waals surface area contributed by atoms with Crippen LogP contribution in [0.2, 0.25) is 0 Å². The van der Waals surface area contributed by atoms with Crippen LogP contribution in [-0.2, 0) is 9.84 Å². The lowest BCUT2D eigenvalue weighted by Crippen LogP contribution is -1.91. The molecule has 0 aliphatic rings. The first kappa shape index (κ1) is 12.1. The molecule has 0 radical (unpaired) electrons. The Kier molecular flexibility index (Phi) is 3.22. The maximum absolute atomic E-state index is 11.4. The van der Waals surface area contributed by atoms with E-state index < -0.39 is 9.84 Å². The van der Waals surface area contributed by atoms with Gasteiger partial charge in [-0.3, -0.25) is 0 Å². The van der Waals surface area contributed by atoms with Crippen LogP contribution in [0.3, 0.4) is 0 Å². The predicted molar refractivity (Wildman–Crippen MR) is 69.4 cm³/mol. The fourth-order valence-electron chi connectivity index (χ4n) is 1.43. The highest BCUT2D eigenvalue weighted by molar-refractivity contribution is 7.92. The van der Waals surface area contributed by atoms with Crippen LogP contribution in [0.4, 0.5) is 0 Å². The van der Waals surface area contributed by atoms with Crippen LogP contribution in [0.1, 0.15) is 0 Å². The molecule has 1 aromatic heterocycles. The van der Waals surface area contributed by atoms with Crippen molar-refractivity contribution < 1.29 is 13.2 Å². The number of hydrogen-bond acceptors (Lipinski definition) is 4. The molecule has 0 aliphatic carbocycles. The molecule has 2 aromatic rings. The molecule has 1 aromatic carbocycles. The fraction of sp³-hybridized carbons (Fsp3) is 0.167. The summed E-state index contributed by atoms with van der Waals surface area (Å²) in [5.41, 5.74) is 0.991. The molecule has 0 bridgehead atoms. The van der Waals surface area contributed by atoms with E-state index in [0.717, 1.165) is 16.2 Å². The van der Waals surface area contributed by atoms with Gasteiger partial charge in [0.2, 0.25) is 0 Å². The molecule has 90 valence electrons. The van der Waals surface area contributed by atoms with E-state index in [1.165, 1.54) is 17.6 Å². The zero-order valence-electron chi connectivity index (χ0n) is 9.51. The number of methoxy groups -OCH3 is 1. The minimum Gasteiger partial charge on any atom is -0.497 e. The molecule has 0 saturated heterocycles. The van der Waals surface area contributed by atoms with Gasteiger partial charge in [0.1, 0.15) is 9.96 Å². The number of hydrogen-bond donors (Lipinski definition) is 0. The van der Waals surface area contributed by atoms with E-state index in [1.807, 2.05) is 30.3 Å². The Morgan fingerprint density at radius 3 is 2.18 bits per heavy atom. The molecule has 0 unspecified atom stereocenters. The Bertz CT molecular complexity index is 609. The monoisotopic (exact) mass is 268 g/mol. The summed E-state index contributed by atoms with van der Waals surface area (Å²) < 4.78 is 28.2. The Labute approximate surface area is 105 Å². The fourth-order valence-corrected chi connectivity index (χ4v) is 3.36. The average Bonchev–Trinajstić information content (AvgIpc) is 2.78. The van der Waals surface area contributed by atoms with Gasteiger partial charge in [0.25, 0.3) is 0 Å². The van der Waals surface area contributed by atoms with Crippen LogP contribution < -0.4 is 4.74 Å². The smallest absolute Gasteiger partial charge is 0.184 e. The number of ether oxygens (including phenoxy) is 1. The summed E-state index contributed by atoms with van der Waals surface area (Å²) in [5, 5.41) is 0. The Hall–Kier alpha value is -1.33. The van der Waals surface area contributed by atoms with Gasteiger partial charge in [0, 0.05) is 11.1 Å². The van der Waals surface area contributed by atoms with Crippen molar-refractivity contribution >= 4 is 21.2 Å². The third-order valence-electron chi connectivity index (χ3n) is 2.32. The minimum atomic E-state index is -3.11. The highest BCUT2D eigenvalue weighted by Crippen LogP contribution is 2.31. The lowest BCUT2D eigenvalue weighted by atomic mass is 10.2. The first-order valence-corrected chi connectivity index (χ1v) is 7.66. The van der Waals surface area contributed by atoms with Crippen LogP contribution in [0.15, 0.2) is 40.6 Å². The molecular weight excluding hydrogens is 256 g/mol. The minimum absolute atomic E-state index is 0.392. The third-order valence-corrected chi connectivity index (χ3v) is 5.28. The highest BCUT2D eigenvalue weighted by atomic mass is 32.2. The lowest BCUT2D eigenvalue weighted by Gasteiger charge is -2.00. The summed E-state index contributed by atoms with van der Waals surface area (Å²) in [7, 11) is -1.50. The molecule has 0 spiro atoms. The van der Waals surface area contributed by atoms with Crippen molar-refractivity contribution in [1.82, 2.24) is 0 Å². The van der Waals surface area contributed by atoms with Gasteiger partial charge in [0.15, 0.2) is 9.84 Å². The van der Waals surface area contributed by atoms with Crippen molar-refractivity contribution in [2.75, 3.05) is 13.4 Å². The van der Waals surface area contributed by atoms with Crippen LogP contribution in [0.25, 0.3) is 10.4 Å². The van der Waals surface area contributed by atoms with Crippen LogP contribution >= 0.6 is 11.3 Å². The summed E-state index contributed by atoms with van der Waals surface area (Å²) in [6.45, 7) is 0. The van der Waals surface area contributed by atoms with Crippen molar-refractivity contribution in [3.8, 4) is 16.2 Å². The van der Waals surface area contributed by atoms with E-state index >= 15 is 0 Å². The number of thiophene rings is 1. The van der Waals surface area contributed by atoms with Crippen LogP contribution in [0, 0.1) is 0 Å². The molecular formula is C12H12O3S2. The molecule has 0 saturated carbocycles. The molecule has 0 fully saturated rings. The summed E-state index contributed by atoms with van der Waals surface area (Å²) in [6.07, 6.45) is 1.22. The van der Waals surface area contributed by atoms with Gasteiger partial charge in [0.05, 0.1) is 7.11 Å². The van der Waals surface area contributed by atoms with Crippen molar-refractivity contribution in [3.05, 3.63) is 36.4 Å². The molecule has 2 rings (SSSR count). The van der Waals surface area contributed by atoms with E-state index in [9.17, 15) is 8.42 Å². The first-order chi connectivity index (χ1) is 8.00. The van der Waals surface area contributed by atoms with Gasteiger partial charge >= 0.3 is 0 Å². The second-order valence-electron chi connectivity index (χ2n) is 3.62. The molecule has 0 N–H and O–H groups in total. The van der Waals surface area contributed by atoms with Crippen molar-refractivity contribution in [2.24, 2.45) is 0 Å². The summed E-state index contributed by atoms with van der Waals surface area (Å²) >= 11 is 1.28. The van der Waals surface area contributed by atoms with E-state index in [4.69, 9.17) is 4.74 Å². The van der Waals surface area contributed by atoms with E-state index in [2.05, 4.69) is 0 Å². The Balaban J connectivity index is 2.37. The summed E-state index contributed by atoms with van der Waals surface area (Å²) in [6, 6.07) is 11.0.